The van der Waals surface area contributed by atoms with E-state index in [9.17, 15) is 4.79 Å². The van der Waals surface area contributed by atoms with Gasteiger partial charge in [-0.3, -0.25) is 4.79 Å². The highest BCUT2D eigenvalue weighted by molar-refractivity contribution is 6.30. The highest BCUT2D eigenvalue weighted by atomic mass is 35.5. The molecule has 0 aromatic heterocycles. The lowest BCUT2D eigenvalue weighted by Crippen LogP contribution is -1.75. The number of aldehydes is 1. The van der Waals surface area contributed by atoms with Gasteiger partial charge in [0.1, 0.15) is 6.29 Å². The van der Waals surface area contributed by atoms with Gasteiger partial charge in [0.15, 0.2) is 0 Å². The summed E-state index contributed by atoms with van der Waals surface area (Å²) in [7, 11) is 0. The second-order valence-corrected chi connectivity index (χ2v) is 4.17. The first-order chi connectivity index (χ1) is 7.74. The number of benzene rings is 1. The van der Waals surface area contributed by atoms with Crippen LogP contribution in [0.4, 0.5) is 0 Å². The van der Waals surface area contributed by atoms with Gasteiger partial charge in [0, 0.05) is 10.6 Å². The summed E-state index contributed by atoms with van der Waals surface area (Å²) in [6.45, 7) is 4.49. The Morgan fingerprint density at radius 1 is 1.12 bits per heavy atom. The number of unbranched alkanes of at least 4 members (excludes halogenated alkanes) is 4. The van der Waals surface area contributed by atoms with Crippen LogP contribution >= 0.6 is 11.6 Å². The van der Waals surface area contributed by atoms with Crippen molar-refractivity contribution in [1.82, 2.24) is 0 Å². The van der Waals surface area contributed by atoms with E-state index in [1.54, 1.807) is 24.3 Å². The largest absolute Gasteiger partial charge is 0.298 e. The van der Waals surface area contributed by atoms with Gasteiger partial charge in [-0.15, -0.1) is 0 Å². The van der Waals surface area contributed by atoms with E-state index in [0.29, 0.717) is 10.6 Å². The SMILES string of the molecule is CCCCCCC.O=Cc1cccc(Cl)c1. The van der Waals surface area contributed by atoms with Crippen LogP contribution in [0.3, 0.4) is 0 Å². The maximum atomic E-state index is 10.1. The Kier molecular flexibility index (Phi) is 10.1. The van der Waals surface area contributed by atoms with E-state index < -0.39 is 0 Å². The van der Waals surface area contributed by atoms with Crippen molar-refractivity contribution in [1.29, 1.82) is 0 Å². The van der Waals surface area contributed by atoms with Gasteiger partial charge in [0.2, 0.25) is 0 Å². The molecular formula is C14H21ClO. The van der Waals surface area contributed by atoms with Crippen LogP contribution in [0.5, 0.6) is 0 Å². The Balaban J connectivity index is 0.000000293. The molecule has 0 radical (unpaired) electrons. The highest BCUT2D eigenvalue weighted by Gasteiger charge is 1.88. The molecule has 0 N–H and O–H groups in total. The first-order valence-corrected chi connectivity index (χ1v) is 6.33. The van der Waals surface area contributed by atoms with Gasteiger partial charge in [-0.2, -0.15) is 0 Å². The average Bonchev–Trinajstić information content (AvgIpc) is 2.31. The lowest BCUT2D eigenvalue weighted by Gasteiger charge is -1.90. The van der Waals surface area contributed by atoms with E-state index in [1.807, 2.05) is 0 Å². The summed E-state index contributed by atoms with van der Waals surface area (Å²) in [6.07, 6.45) is 7.78. The van der Waals surface area contributed by atoms with Crippen LogP contribution in [0.2, 0.25) is 5.02 Å². The molecule has 0 bridgehead atoms. The predicted octanol–water partition coefficient (Wildman–Crippen LogP) is 5.13. The molecule has 90 valence electrons. The van der Waals surface area contributed by atoms with Crippen LogP contribution in [-0.2, 0) is 0 Å². The van der Waals surface area contributed by atoms with E-state index in [2.05, 4.69) is 13.8 Å². The summed E-state index contributed by atoms with van der Waals surface area (Å²) < 4.78 is 0. The van der Waals surface area contributed by atoms with Crippen LogP contribution in [0.15, 0.2) is 24.3 Å². The van der Waals surface area contributed by atoms with Crippen LogP contribution < -0.4 is 0 Å². The fourth-order valence-corrected chi connectivity index (χ4v) is 1.46. The zero-order valence-corrected chi connectivity index (χ0v) is 11.0. The maximum absolute atomic E-state index is 10.1. The number of hydrogen-bond acceptors (Lipinski definition) is 1. The molecule has 1 rings (SSSR count). The van der Waals surface area contributed by atoms with Crippen molar-refractivity contribution in [3.8, 4) is 0 Å². The molecular weight excluding hydrogens is 220 g/mol. The molecule has 1 aromatic rings. The first kappa shape index (κ1) is 15.2. The van der Waals surface area contributed by atoms with Gasteiger partial charge in [0.25, 0.3) is 0 Å². The highest BCUT2D eigenvalue weighted by Crippen LogP contribution is 2.08. The van der Waals surface area contributed by atoms with Crippen molar-refractivity contribution >= 4 is 17.9 Å². The molecule has 0 unspecified atom stereocenters. The molecule has 0 aliphatic carbocycles. The van der Waals surface area contributed by atoms with E-state index in [-0.39, 0.29) is 0 Å². The summed E-state index contributed by atoms with van der Waals surface area (Å²) >= 11 is 5.56. The molecule has 1 aromatic carbocycles. The summed E-state index contributed by atoms with van der Waals surface area (Å²) in [4.78, 5) is 10.1. The lowest BCUT2D eigenvalue weighted by atomic mass is 10.2. The summed E-state index contributed by atoms with van der Waals surface area (Å²) in [5.74, 6) is 0. The molecule has 0 aliphatic rings. The molecule has 0 amide bonds. The molecule has 0 aliphatic heterocycles. The predicted molar refractivity (Wildman–Crippen MR) is 71.3 cm³/mol. The van der Waals surface area contributed by atoms with Crippen LogP contribution in [0.1, 0.15) is 56.3 Å². The van der Waals surface area contributed by atoms with Gasteiger partial charge in [-0.05, 0) is 12.1 Å². The minimum absolute atomic E-state index is 0.597. The fourth-order valence-electron chi connectivity index (χ4n) is 1.26. The van der Waals surface area contributed by atoms with Crippen LogP contribution in [0.25, 0.3) is 0 Å². The molecule has 0 atom stereocenters. The Morgan fingerprint density at radius 3 is 2.12 bits per heavy atom. The van der Waals surface area contributed by atoms with Crippen molar-refractivity contribution in [3.63, 3.8) is 0 Å². The molecule has 1 nitrogen and oxygen atoms in total. The molecule has 0 spiro atoms. The van der Waals surface area contributed by atoms with Crippen molar-refractivity contribution in [3.05, 3.63) is 34.9 Å². The zero-order valence-electron chi connectivity index (χ0n) is 10.2. The number of halogens is 1. The quantitative estimate of drug-likeness (QED) is 0.515. The summed E-state index contributed by atoms with van der Waals surface area (Å²) in [5, 5.41) is 0.597. The van der Waals surface area contributed by atoms with Crippen LogP contribution in [0, 0.1) is 0 Å². The van der Waals surface area contributed by atoms with Gasteiger partial charge < -0.3 is 0 Å². The van der Waals surface area contributed by atoms with E-state index in [4.69, 9.17) is 11.6 Å². The third-order valence-electron chi connectivity index (χ3n) is 2.19. The third kappa shape index (κ3) is 8.49. The van der Waals surface area contributed by atoms with E-state index in [1.165, 1.54) is 32.1 Å². The smallest absolute Gasteiger partial charge is 0.150 e. The second kappa shape index (κ2) is 10.7. The van der Waals surface area contributed by atoms with E-state index >= 15 is 0 Å². The van der Waals surface area contributed by atoms with E-state index in [0.717, 1.165) is 6.29 Å². The number of carbonyl (C=O) groups is 1. The topological polar surface area (TPSA) is 17.1 Å². The first-order valence-electron chi connectivity index (χ1n) is 5.95. The number of rotatable bonds is 5. The Labute approximate surface area is 104 Å². The maximum Gasteiger partial charge on any atom is 0.150 e. The van der Waals surface area contributed by atoms with Gasteiger partial charge >= 0.3 is 0 Å². The second-order valence-electron chi connectivity index (χ2n) is 3.73. The molecule has 0 heterocycles. The third-order valence-corrected chi connectivity index (χ3v) is 2.43. The minimum Gasteiger partial charge on any atom is -0.298 e. The summed E-state index contributed by atoms with van der Waals surface area (Å²) in [6, 6.07) is 6.80. The van der Waals surface area contributed by atoms with Gasteiger partial charge in [-0.1, -0.05) is 69.7 Å². The average molecular weight is 241 g/mol. The van der Waals surface area contributed by atoms with Crippen molar-refractivity contribution < 1.29 is 4.79 Å². The molecule has 16 heavy (non-hydrogen) atoms. The Morgan fingerprint density at radius 2 is 1.75 bits per heavy atom. The van der Waals surface area contributed by atoms with Crippen molar-refractivity contribution in [2.45, 2.75) is 46.0 Å². The molecule has 2 heteroatoms. The molecule has 0 saturated carbocycles. The van der Waals surface area contributed by atoms with Crippen LogP contribution in [-0.4, -0.2) is 6.29 Å². The monoisotopic (exact) mass is 240 g/mol. The standard InChI is InChI=1S/C7H5ClO.C7H16/c8-7-3-1-2-6(4-7)5-9;1-3-5-7-6-4-2/h1-5H;3-7H2,1-2H3. The van der Waals surface area contributed by atoms with Gasteiger partial charge in [0.05, 0.1) is 0 Å². The Hall–Kier alpha value is -0.820. The molecule has 0 fully saturated rings. The Bertz CT molecular complexity index is 280. The van der Waals surface area contributed by atoms with Gasteiger partial charge in [-0.25, -0.2) is 0 Å². The number of hydrogen-bond donors (Lipinski definition) is 0. The number of carbonyl (C=O) groups excluding carboxylic acids is 1. The minimum atomic E-state index is 0.597. The van der Waals surface area contributed by atoms with Crippen molar-refractivity contribution in [2.75, 3.05) is 0 Å². The lowest BCUT2D eigenvalue weighted by molar-refractivity contribution is 0.112. The summed E-state index contributed by atoms with van der Waals surface area (Å²) in [5.41, 5.74) is 0.613. The molecule has 0 saturated heterocycles. The van der Waals surface area contributed by atoms with Crippen molar-refractivity contribution in [2.24, 2.45) is 0 Å². The zero-order chi connectivity index (χ0) is 12.2. The normalized spacial score (nSPS) is 9.19. The fraction of sp³-hybridized carbons (Fsp3) is 0.500.